The van der Waals surface area contributed by atoms with E-state index >= 15 is 0 Å². The first kappa shape index (κ1) is 16.9. The third kappa shape index (κ3) is 3.04. The maximum atomic E-state index is 12.8. The van der Waals surface area contributed by atoms with Crippen molar-refractivity contribution in [2.24, 2.45) is 7.05 Å². The van der Waals surface area contributed by atoms with Crippen LogP contribution in [0.3, 0.4) is 0 Å². The van der Waals surface area contributed by atoms with Gasteiger partial charge in [0.1, 0.15) is 18.0 Å². The highest BCUT2D eigenvalue weighted by Crippen LogP contribution is 2.21. The van der Waals surface area contributed by atoms with Crippen molar-refractivity contribution in [3.8, 4) is 5.82 Å². The first-order valence-corrected chi connectivity index (χ1v) is 7.54. The highest BCUT2D eigenvalue weighted by atomic mass is 19.3. The fraction of sp³-hybridized carbons (Fsp3) is 0.312. The molecule has 0 bridgehead atoms. The fourth-order valence-electron chi connectivity index (χ4n) is 2.68. The average Bonchev–Trinajstić information content (AvgIpc) is 3.25. The van der Waals surface area contributed by atoms with Crippen LogP contribution in [0.4, 0.5) is 8.78 Å². The quantitative estimate of drug-likeness (QED) is 0.664. The molecule has 0 fully saturated rings. The van der Waals surface area contributed by atoms with Crippen molar-refractivity contribution in [1.82, 2.24) is 23.9 Å². The summed E-state index contributed by atoms with van der Waals surface area (Å²) >= 11 is 0. The number of carbonyl (C=O) groups is 1. The lowest BCUT2D eigenvalue weighted by Crippen LogP contribution is -2.14. The molecule has 3 heterocycles. The summed E-state index contributed by atoms with van der Waals surface area (Å²) < 4.78 is 34.9. The molecule has 0 aliphatic heterocycles. The van der Waals surface area contributed by atoms with Crippen LogP contribution in [-0.2, 0) is 18.4 Å². The van der Waals surface area contributed by atoms with Crippen LogP contribution in [0.1, 0.15) is 34.1 Å². The molecule has 0 aliphatic carbocycles. The lowest BCUT2D eigenvalue weighted by atomic mass is 10.3. The molecule has 3 aromatic heterocycles. The van der Waals surface area contributed by atoms with Crippen molar-refractivity contribution in [2.45, 2.75) is 27.0 Å². The fourth-order valence-corrected chi connectivity index (χ4v) is 2.68. The summed E-state index contributed by atoms with van der Waals surface area (Å²) in [6.07, 6.45) is 3.77. The second-order valence-corrected chi connectivity index (χ2v) is 5.56. The summed E-state index contributed by atoms with van der Waals surface area (Å²) in [5.74, 6) is -0.122. The molecule has 0 radical (unpaired) electrons. The Morgan fingerprint density at radius 3 is 2.60 bits per heavy atom. The van der Waals surface area contributed by atoms with E-state index in [9.17, 15) is 13.6 Å². The van der Waals surface area contributed by atoms with Crippen molar-refractivity contribution in [2.75, 3.05) is 0 Å². The van der Waals surface area contributed by atoms with Gasteiger partial charge in [-0.3, -0.25) is 9.25 Å². The Morgan fingerprint density at radius 2 is 1.96 bits per heavy atom. The van der Waals surface area contributed by atoms with Crippen LogP contribution in [0.25, 0.3) is 5.82 Å². The molecule has 3 aromatic rings. The van der Waals surface area contributed by atoms with Crippen molar-refractivity contribution in [3.63, 3.8) is 0 Å². The third-order valence-electron chi connectivity index (χ3n) is 3.90. The number of hydrogen-bond donors (Lipinski definition) is 0. The maximum Gasteiger partial charge on any atom is 0.344 e. The number of aryl methyl sites for hydroxylation is 3. The van der Waals surface area contributed by atoms with Gasteiger partial charge in [0.25, 0.3) is 0 Å². The molecule has 0 amide bonds. The Kier molecular flexibility index (Phi) is 4.39. The van der Waals surface area contributed by atoms with Crippen molar-refractivity contribution < 1.29 is 18.3 Å². The predicted octanol–water partition coefficient (Wildman–Crippen LogP) is 2.78. The average molecular weight is 349 g/mol. The first-order valence-electron chi connectivity index (χ1n) is 7.54. The Balaban J connectivity index is 1.86. The number of carbonyl (C=O) groups excluding carboxylic acids is 1. The highest BCUT2D eigenvalue weighted by Gasteiger charge is 2.22. The monoisotopic (exact) mass is 349 g/mol. The van der Waals surface area contributed by atoms with E-state index in [2.05, 4.69) is 10.1 Å². The zero-order valence-corrected chi connectivity index (χ0v) is 14.0. The minimum atomic E-state index is -2.74. The molecule has 0 unspecified atom stereocenters. The molecule has 0 saturated carbocycles. The molecule has 9 heteroatoms. The molecule has 3 rings (SSSR count). The molecule has 0 aromatic carbocycles. The Hall–Kier alpha value is -2.97. The standard InChI is InChI=1S/C16H17F2N5O2/c1-10-4-5-11(2)23(10)14-12(8-20-21(14)3)15(24)25-9-13-19-6-7-22(13)16(17)18/h4-8,16H,9H2,1-3H3. The van der Waals surface area contributed by atoms with E-state index < -0.39 is 12.5 Å². The molecular formula is C16H17F2N5O2. The van der Waals surface area contributed by atoms with Crippen LogP contribution in [0.5, 0.6) is 0 Å². The molecule has 0 aliphatic rings. The molecule has 132 valence electrons. The second-order valence-electron chi connectivity index (χ2n) is 5.56. The number of halogens is 2. The van der Waals surface area contributed by atoms with Crippen molar-refractivity contribution >= 4 is 5.97 Å². The summed E-state index contributed by atoms with van der Waals surface area (Å²) in [7, 11) is 1.72. The van der Waals surface area contributed by atoms with Crippen molar-refractivity contribution in [1.29, 1.82) is 0 Å². The number of nitrogens with zero attached hydrogens (tertiary/aromatic N) is 5. The first-order chi connectivity index (χ1) is 11.9. The van der Waals surface area contributed by atoms with E-state index in [1.807, 2.05) is 30.5 Å². The lowest BCUT2D eigenvalue weighted by Gasteiger charge is -2.12. The van der Waals surface area contributed by atoms with Gasteiger partial charge in [-0.05, 0) is 26.0 Å². The Morgan fingerprint density at radius 1 is 1.28 bits per heavy atom. The van der Waals surface area contributed by atoms with E-state index in [0.29, 0.717) is 10.4 Å². The molecule has 0 spiro atoms. The number of esters is 1. The summed E-state index contributed by atoms with van der Waals surface area (Å²) in [5.41, 5.74) is 2.12. The van der Waals surface area contributed by atoms with E-state index in [1.165, 1.54) is 12.4 Å². The number of ether oxygens (including phenoxy) is 1. The van der Waals surface area contributed by atoms with Crippen LogP contribution < -0.4 is 0 Å². The lowest BCUT2D eigenvalue weighted by molar-refractivity contribution is 0.0376. The van der Waals surface area contributed by atoms with E-state index in [-0.39, 0.29) is 18.0 Å². The molecule has 25 heavy (non-hydrogen) atoms. The third-order valence-corrected chi connectivity index (χ3v) is 3.90. The smallest absolute Gasteiger partial charge is 0.344 e. The number of imidazole rings is 1. The maximum absolute atomic E-state index is 12.8. The van der Waals surface area contributed by atoms with Gasteiger partial charge in [-0.1, -0.05) is 0 Å². The molecule has 0 saturated heterocycles. The van der Waals surface area contributed by atoms with E-state index in [1.54, 1.807) is 11.7 Å². The van der Waals surface area contributed by atoms with E-state index in [4.69, 9.17) is 4.74 Å². The van der Waals surface area contributed by atoms with Crippen LogP contribution in [0, 0.1) is 13.8 Å². The molecule has 0 N–H and O–H groups in total. The second kappa shape index (κ2) is 6.50. The van der Waals surface area contributed by atoms with Gasteiger partial charge >= 0.3 is 12.5 Å². The Bertz CT molecular complexity index is 890. The Labute approximate surface area is 142 Å². The SMILES string of the molecule is Cc1ccc(C)n1-c1c(C(=O)OCc2nccn2C(F)F)cnn1C. The summed E-state index contributed by atoms with van der Waals surface area (Å²) in [6, 6.07) is 3.85. The van der Waals surface area contributed by atoms with Gasteiger partial charge in [0.05, 0.1) is 6.20 Å². The van der Waals surface area contributed by atoms with Gasteiger partial charge in [0.15, 0.2) is 5.82 Å². The van der Waals surface area contributed by atoms with Gasteiger partial charge in [-0.15, -0.1) is 0 Å². The molecule has 7 nitrogen and oxygen atoms in total. The van der Waals surface area contributed by atoms with Gasteiger partial charge in [0.2, 0.25) is 0 Å². The van der Waals surface area contributed by atoms with Gasteiger partial charge in [-0.25, -0.2) is 9.78 Å². The normalized spacial score (nSPS) is 11.3. The van der Waals surface area contributed by atoms with E-state index in [0.717, 1.165) is 17.6 Å². The zero-order valence-electron chi connectivity index (χ0n) is 14.0. The van der Waals surface area contributed by atoms with Gasteiger partial charge in [0, 0.05) is 30.8 Å². The molecule has 0 atom stereocenters. The molecular weight excluding hydrogens is 332 g/mol. The van der Waals surface area contributed by atoms with Crippen LogP contribution in [0.2, 0.25) is 0 Å². The minimum absolute atomic E-state index is 0.0258. The predicted molar refractivity (Wildman–Crippen MR) is 84.6 cm³/mol. The largest absolute Gasteiger partial charge is 0.454 e. The number of rotatable bonds is 5. The van der Waals surface area contributed by atoms with Crippen molar-refractivity contribution in [3.05, 3.63) is 53.5 Å². The van der Waals surface area contributed by atoms with Crippen LogP contribution >= 0.6 is 0 Å². The van der Waals surface area contributed by atoms with Gasteiger partial charge in [-0.2, -0.15) is 13.9 Å². The number of aromatic nitrogens is 5. The highest BCUT2D eigenvalue weighted by molar-refractivity contribution is 5.92. The summed E-state index contributed by atoms with van der Waals surface area (Å²) in [5, 5.41) is 4.12. The minimum Gasteiger partial charge on any atom is -0.454 e. The van der Waals surface area contributed by atoms with Gasteiger partial charge < -0.3 is 9.30 Å². The number of alkyl halides is 2. The van der Waals surface area contributed by atoms with Crippen LogP contribution in [0.15, 0.2) is 30.7 Å². The zero-order chi connectivity index (χ0) is 18.1. The number of hydrogen-bond acceptors (Lipinski definition) is 4. The topological polar surface area (TPSA) is 66.9 Å². The van der Waals surface area contributed by atoms with Crippen LogP contribution in [-0.4, -0.2) is 29.9 Å². The summed E-state index contributed by atoms with van der Waals surface area (Å²) in [4.78, 5) is 16.2. The summed E-state index contributed by atoms with van der Waals surface area (Å²) in [6.45, 7) is 0.729.